The van der Waals surface area contributed by atoms with Crippen molar-refractivity contribution in [1.82, 2.24) is 0 Å². The maximum atomic E-state index is 13.2. The van der Waals surface area contributed by atoms with Gasteiger partial charge in [0.25, 0.3) is 0 Å². The van der Waals surface area contributed by atoms with Gasteiger partial charge in [0.15, 0.2) is 0 Å². The van der Waals surface area contributed by atoms with E-state index < -0.39 is 5.92 Å². The zero-order chi connectivity index (χ0) is 22.0. The van der Waals surface area contributed by atoms with E-state index >= 15 is 0 Å². The molecule has 0 aromatic heterocycles. The molecule has 0 N–H and O–H groups in total. The summed E-state index contributed by atoms with van der Waals surface area (Å²) >= 11 is 6.10. The third-order valence-corrected chi connectivity index (χ3v) is 6.71. The van der Waals surface area contributed by atoms with Crippen LogP contribution in [0.1, 0.15) is 55.2 Å². The monoisotopic (exact) mass is 437 g/mol. The second kappa shape index (κ2) is 8.82. The molecule has 4 rings (SSSR count). The lowest BCUT2D eigenvalue weighted by atomic mass is 9.63. The summed E-state index contributed by atoms with van der Waals surface area (Å²) < 4.78 is 11.4. The molecule has 160 valence electrons. The maximum absolute atomic E-state index is 13.2. The highest BCUT2D eigenvalue weighted by Crippen LogP contribution is 2.46. The number of rotatable bonds is 4. The molecule has 2 aromatic rings. The van der Waals surface area contributed by atoms with Gasteiger partial charge in [-0.05, 0) is 60.1 Å². The Balaban J connectivity index is 1.62. The van der Waals surface area contributed by atoms with E-state index in [4.69, 9.17) is 26.3 Å². The van der Waals surface area contributed by atoms with Crippen LogP contribution in [0.25, 0.3) is 0 Å². The first-order valence-corrected chi connectivity index (χ1v) is 11.0. The van der Waals surface area contributed by atoms with Gasteiger partial charge in [-0.25, -0.2) is 0 Å². The molecule has 5 nitrogen and oxygen atoms in total. The minimum absolute atomic E-state index is 0.00795. The van der Waals surface area contributed by atoms with Gasteiger partial charge >= 0.3 is 0 Å². The Morgan fingerprint density at radius 2 is 1.74 bits per heavy atom. The first-order chi connectivity index (χ1) is 14.9. The van der Waals surface area contributed by atoms with E-state index in [1.165, 1.54) is 0 Å². The second-order valence-electron chi connectivity index (χ2n) is 8.40. The van der Waals surface area contributed by atoms with Gasteiger partial charge in [-0.2, -0.15) is 5.26 Å². The number of halogens is 1. The first kappa shape index (κ1) is 21.5. The van der Waals surface area contributed by atoms with Crippen LogP contribution in [0.5, 0.6) is 11.5 Å². The normalized spacial score (nSPS) is 18.7. The molecule has 0 amide bonds. The fourth-order valence-electron chi connectivity index (χ4n) is 4.70. The molecule has 1 spiro atoms. The molecule has 2 fully saturated rings. The Hall–Kier alpha value is -2.68. The third-order valence-electron chi connectivity index (χ3n) is 6.40. The van der Waals surface area contributed by atoms with Gasteiger partial charge in [0.1, 0.15) is 35.1 Å². The number of nitriles is 1. The van der Waals surface area contributed by atoms with Gasteiger partial charge in [0, 0.05) is 32.1 Å². The molecule has 2 aliphatic rings. The summed E-state index contributed by atoms with van der Waals surface area (Å²) in [6, 6.07) is 12.4. The van der Waals surface area contributed by atoms with Gasteiger partial charge in [-0.15, -0.1) is 0 Å². The highest BCUT2D eigenvalue weighted by molar-refractivity contribution is 6.31. The van der Waals surface area contributed by atoms with Crippen LogP contribution in [0.3, 0.4) is 0 Å². The van der Waals surface area contributed by atoms with E-state index in [1.807, 2.05) is 25.1 Å². The van der Waals surface area contributed by atoms with E-state index in [0.29, 0.717) is 54.6 Å². The van der Waals surface area contributed by atoms with Crippen LogP contribution in [-0.4, -0.2) is 24.8 Å². The topological polar surface area (TPSA) is 76.4 Å². The Bertz CT molecular complexity index is 1050. The number of Topliss-reactive ketones (excluding diaryl/α,β-unsaturated/α-hetero) is 2. The molecule has 2 aromatic carbocycles. The number of hydrogen-bond donors (Lipinski definition) is 0. The fraction of sp³-hybridized carbons (Fsp3) is 0.400. The highest BCUT2D eigenvalue weighted by Gasteiger charge is 2.46. The van der Waals surface area contributed by atoms with E-state index in [9.17, 15) is 9.59 Å². The minimum Gasteiger partial charge on any atom is -0.457 e. The predicted octanol–water partition coefficient (Wildman–Crippen LogP) is 5.38. The van der Waals surface area contributed by atoms with Gasteiger partial charge < -0.3 is 9.47 Å². The number of aryl methyl sites for hydroxylation is 1. The maximum Gasteiger partial charge on any atom is 0.148 e. The van der Waals surface area contributed by atoms with Gasteiger partial charge in [-0.1, -0.05) is 24.6 Å². The molecule has 6 heteroatoms. The molecule has 1 aliphatic heterocycles. The average Bonchev–Trinajstić information content (AvgIpc) is 2.74. The van der Waals surface area contributed by atoms with Crippen LogP contribution in [0.15, 0.2) is 36.4 Å². The Kier molecular flexibility index (Phi) is 6.13. The molecular weight excluding hydrogens is 414 g/mol. The molecule has 0 atom stereocenters. The van der Waals surface area contributed by atoms with E-state index in [0.717, 1.165) is 24.0 Å². The third kappa shape index (κ3) is 4.37. The standard InChI is InChI=1S/C25H24ClNO4/c1-2-16-3-5-18(31-19-6-4-17(15-27)21(26)12-19)11-20(16)24-22(28)13-25(14-23(24)29)7-9-30-10-8-25/h3-6,11-12,24H,2,7-10,13-14H2,1H3. The van der Waals surface area contributed by atoms with Crippen LogP contribution < -0.4 is 4.74 Å². The Labute approximate surface area is 186 Å². The lowest BCUT2D eigenvalue weighted by Crippen LogP contribution is -2.42. The summed E-state index contributed by atoms with van der Waals surface area (Å²) in [5, 5.41) is 9.34. The molecular formula is C25H24ClNO4. The smallest absolute Gasteiger partial charge is 0.148 e. The number of ketones is 2. The molecule has 1 saturated heterocycles. The van der Waals surface area contributed by atoms with Crippen LogP contribution >= 0.6 is 11.6 Å². The number of carbonyl (C=O) groups excluding carboxylic acids is 2. The molecule has 1 saturated carbocycles. The van der Waals surface area contributed by atoms with Gasteiger partial charge in [0.05, 0.1) is 10.6 Å². The van der Waals surface area contributed by atoms with Gasteiger partial charge in [0.2, 0.25) is 0 Å². The van der Waals surface area contributed by atoms with Crippen LogP contribution in [0.4, 0.5) is 0 Å². The molecule has 0 bridgehead atoms. The Morgan fingerprint density at radius 3 is 2.35 bits per heavy atom. The van der Waals surface area contributed by atoms with Crippen molar-refractivity contribution in [1.29, 1.82) is 5.26 Å². The van der Waals surface area contributed by atoms with Crippen LogP contribution in [0.2, 0.25) is 5.02 Å². The molecule has 0 unspecified atom stereocenters. The highest BCUT2D eigenvalue weighted by atomic mass is 35.5. The molecule has 1 heterocycles. The van der Waals surface area contributed by atoms with Crippen molar-refractivity contribution in [2.75, 3.05) is 13.2 Å². The van der Waals surface area contributed by atoms with E-state index in [1.54, 1.807) is 24.3 Å². The van der Waals surface area contributed by atoms with E-state index in [-0.39, 0.29) is 17.0 Å². The summed E-state index contributed by atoms with van der Waals surface area (Å²) in [5.41, 5.74) is 1.84. The molecule has 1 aliphatic carbocycles. The van der Waals surface area contributed by atoms with Crippen molar-refractivity contribution in [2.45, 2.75) is 44.9 Å². The Morgan fingerprint density at radius 1 is 1.10 bits per heavy atom. The largest absolute Gasteiger partial charge is 0.457 e. The molecule has 31 heavy (non-hydrogen) atoms. The van der Waals surface area contributed by atoms with E-state index in [2.05, 4.69) is 0 Å². The fourth-order valence-corrected chi connectivity index (χ4v) is 4.92. The van der Waals surface area contributed by atoms with Crippen LogP contribution in [0, 0.1) is 16.7 Å². The average molecular weight is 438 g/mol. The van der Waals surface area contributed by atoms with Crippen molar-refractivity contribution in [2.24, 2.45) is 5.41 Å². The summed E-state index contributed by atoms with van der Waals surface area (Å²) in [6.45, 7) is 3.24. The first-order valence-electron chi connectivity index (χ1n) is 10.6. The number of carbonyl (C=O) groups is 2. The SMILES string of the molecule is CCc1ccc(Oc2ccc(C#N)c(Cl)c2)cc1C1C(=O)CC2(CCOCC2)CC1=O. The zero-order valence-corrected chi connectivity index (χ0v) is 18.2. The van der Waals surface area contributed by atoms with Crippen LogP contribution in [-0.2, 0) is 20.7 Å². The number of benzene rings is 2. The number of ether oxygens (including phenoxy) is 2. The lowest BCUT2D eigenvalue weighted by Gasteiger charge is -2.41. The second-order valence-corrected chi connectivity index (χ2v) is 8.81. The molecule has 0 radical (unpaired) electrons. The number of nitrogens with zero attached hydrogens (tertiary/aromatic N) is 1. The summed E-state index contributed by atoms with van der Waals surface area (Å²) in [7, 11) is 0. The van der Waals surface area contributed by atoms with Gasteiger partial charge in [-0.3, -0.25) is 9.59 Å². The summed E-state index contributed by atoms with van der Waals surface area (Å²) in [6.07, 6.45) is 3.09. The van der Waals surface area contributed by atoms with Crippen molar-refractivity contribution in [3.05, 3.63) is 58.1 Å². The number of hydrogen-bond acceptors (Lipinski definition) is 5. The quantitative estimate of drug-likeness (QED) is 0.600. The van der Waals surface area contributed by atoms with Crippen molar-refractivity contribution < 1.29 is 19.1 Å². The minimum atomic E-state index is -0.739. The summed E-state index contributed by atoms with van der Waals surface area (Å²) in [4.78, 5) is 26.4. The summed E-state index contributed by atoms with van der Waals surface area (Å²) in [5.74, 6) is 0.260. The zero-order valence-electron chi connectivity index (χ0n) is 17.4. The van der Waals surface area contributed by atoms with Crippen molar-refractivity contribution in [3.63, 3.8) is 0 Å². The predicted molar refractivity (Wildman–Crippen MR) is 117 cm³/mol. The lowest BCUT2D eigenvalue weighted by molar-refractivity contribution is -0.139. The van der Waals surface area contributed by atoms with Crippen molar-refractivity contribution >= 4 is 23.2 Å². The van der Waals surface area contributed by atoms with Crippen molar-refractivity contribution in [3.8, 4) is 17.6 Å².